The number of amides is 1. The fourth-order valence-electron chi connectivity index (χ4n) is 3.44. The molecule has 0 atom stereocenters. The molecule has 1 aromatic carbocycles. The molecule has 6 nitrogen and oxygen atoms in total. The van der Waals surface area contributed by atoms with Gasteiger partial charge in [-0.15, -0.1) is 0 Å². The Bertz CT molecular complexity index is 705. The number of benzene rings is 1. The zero-order chi connectivity index (χ0) is 16.8. The lowest BCUT2D eigenvalue weighted by molar-refractivity contribution is -0.218. The molecule has 128 valence electrons. The zero-order valence-electron chi connectivity index (χ0n) is 14.1. The van der Waals surface area contributed by atoms with Crippen molar-refractivity contribution in [1.29, 1.82) is 0 Å². The van der Waals surface area contributed by atoms with Crippen LogP contribution in [0.2, 0.25) is 0 Å². The summed E-state index contributed by atoms with van der Waals surface area (Å²) in [4.78, 5) is 11.8. The fourth-order valence-corrected chi connectivity index (χ4v) is 3.44. The molecule has 1 saturated heterocycles. The molecule has 6 heteroatoms. The molecular weight excluding hydrogens is 306 g/mol. The number of carbonyl (C=O) groups is 1. The smallest absolute Gasteiger partial charge is 0.246 e. The maximum Gasteiger partial charge on any atom is 0.246 e. The van der Waals surface area contributed by atoms with E-state index in [1.54, 1.807) is 0 Å². The molecule has 0 saturated carbocycles. The summed E-state index contributed by atoms with van der Waals surface area (Å²) < 4.78 is 12.3. The Kier molecular flexibility index (Phi) is 3.62. The number of nitrogens with one attached hydrogen (secondary N) is 2. The van der Waals surface area contributed by atoms with Gasteiger partial charge in [0.2, 0.25) is 11.7 Å². The maximum atomic E-state index is 11.8. The van der Waals surface area contributed by atoms with Gasteiger partial charge in [0.1, 0.15) is 5.75 Å². The molecule has 3 aliphatic rings. The maximum absolute atomic E-state index is 11.8. The minimum absolute atomic E-state index is 0.0382. The van der Waals surface area contributed by atoms with Crippen molar-refractivity contribution in [3.8, 4) is 5.75 Å². The number of hydrogen-bond donors (Lipinski definition) is 2. The molecule has 1 amide bonds. The molecule has 1 spiro atoms. The predicted octanol–water partition coefficient (Wildman–Crippen LogP) is 1.93. The number of rotatable bonds is 1. The Morgan fingerprint density at radius 1 is 1.21 bits per heavy atom. The summed E-state index contributed by atoms with van der Waals surface area (Å²) in [6.07, 6.45) is 2.34. The lowest BCUT2D eigenvalue weighted by Gasteiger charge is -2.41. The van der Waals surface area contributed by atoms with Crippen molar-refractivity contribution in [2.24, 2.45) is 10.5 Å². The lowest BCUT2D eigenvalue weighted by Crippen LogP contribution is -2.49. The van der Waals surface area contributed by atoms with Gasteiger partial charge in [-0.05, 0) is 23.8 Å². The van der Waals surface area contributed by atoms with Crippen LogP contribution in [-0.4, -0.2) is 30.5 Å². The highest BCUT2D eigenvalue weighted by Crippen LogP contribution is 2.37. The molecular formula is C18H23N3O3. The second kappa shape index (κ2) is 5.57. The average Bonchev–Trinajstić information content (AvgIpc) is 2.57. The standard InChI is InChI=1S/C18H23N3O3/c1-17(2)10-14(20-21-16(17)22)12-3-4-15-13(9-12)11-23-18(24-15)5-7-19-8-6-18/h3-4,9,19H,5-8,10-11H2,1-2H3,(H,21,22). The molecule has 0 aromatic heterocycles. The van der Waals surface area contributed by atoms with Gasteiger partial charge in [-0.2, -0.15) is 5.10 Å². The highest BCUT2D eigenvalue weighted by molar-refractivity contribution is 6.06. The second-order valence-corrected chi connectivity index (χ2v) is 7.43. The van der Waals surface area contributed by atoms with Crippen LogP contribution in [0.4, 0.5) is 0 Å². The number of carbonyl (C=O) groups excluding carboxylic acids is 1. The molecule has 2 N–H and O–H groups in total. The van der Waals surface area contributed by atoms with Crippen LogP contribution in [0, 0.1) is 5.41 Å². The van der Waals surface area contributed by atoms with Gasteiger partial charge in [0.25, 0.3) is 0 Å². The van der Waals surface area contributed by atoms with E-state index >= 15 is 0 Å². The second-order valence-electron chi connectivity index (χ2n) is 7.43. The third kappa shape index (κ3) is 2.70. The van der Waals surface area contributed by atoms with E-state index in [4.69, 9.17) is 9.47 Å². The first-order chi connectivity index (χ1) is 11.5. The molecule has 3 aliphatic heterocycles. The van der Waals surface area contributed by atoms with Crippen molar-refractivity contribution < 1.29 is 14.3 Å². The van der Waals surface area contributed by atoms with Gasteiger partial charge in [-0.1, -0.05) is 13.8 Å². The minimum Gasteiger partial charge on any atom is -0.462 e. The van der Waals surface area contributed by atoms with Gasteiger partial charge in [0.15, 0.2) is 0 Å². The molecule has 1 fully saturated rings. The number of nitrogens with zero attached hydrogens (tertiary/aromatic N) is 1. The van der Waals surface area contributed by atoms with Crippen LogP contribution in [-0.2, 0) is 16.1 Å². The third-order valence-corrected chi connectivity index (χ3v) is 5.06. The van der Waals surface area contributed by atoms with Gasteiger partial charge >= 0.3 is 0 Å². The van der Waals surface area contributed by atoms with E-state index in [2.05, 4.69) is 21.9 Å². The monoisotopic (exact) mass is 329 g/mol. The van der Waals surface area contributed by atoms with Crippen molar-refractivity contribution >= 4 is 11.6 Å². The fraction of sp³-hybridized carbons (Fsp3) is 0.556. The number of piperidine rings is 1. The molecule has 1 aromatic rings. The van der Waals surface area contributed by atoms with Crippen molar-refractivity contribution in [2.75, 3.05) is 13.1 Å². The van der Waals surface area contributed by atoms with Crippen LogP contribution in [0.25, 0.3) is 0 Å². The van der Waals surface area contributed by atoms with Gasteiger partial charge in [0, 0.05) is 37.9 Å². The Morgan fingerprint density at radius 2 is 2.00 bits per heavy atom. The Morgan fingerprint density at radius 3 is 2.75 bits per heavy atom. The van der Waals surface area contributed by atoms with E-state index in [-0.39, 0.29) is 5.91 Å². The minimum atomic E-state index is -0.474. The topological polar surface area (TPSA) is 71.9 Å². The van der Waals surface area contributed by atoms with Crippen LogP contribution in [0.1, 0.15) is 44.2 Å². The molecule has 4 rings (SSSR count). The predicted molar refractivity (Wildman–Crippen MR) is 89.8 cm³/mol. The number of ether oxygens (including phenoxy) is 2. The molecule has 0 unspecified atom stereocenters. The first kappa shape index (κ1) is 15.6. The third-order valence-electron chi connectivity index (χ3n) is 5.06. The van der Waals surface area contributed by atoms with Crippen LogP contribution >= 0.6 is 0 Å². The van der Waals surface area contributed by atoms with Gasteiger partial charge in [-0.3, -0.25) is 4.79 Å². The summed E-state index contributed by atoms with van der Waals surface area (Å²) >= 11 is 0. The molecule has 3 heterocycles. The summed E-state index contributed by atoms with van der Waals surface area (Å²) in [5.41, 5.74) is 5.12. The van der Waals surface area contributed by atoms with E-state index in [1.807, 2.05) is 26.0 Å². The van der Waals surface area contributed by atoms with E-state index in [1.165, 1.54) is 0 Å². The summed E-state index contributed by atoms with van der Waals surface area (Å²) in [5.74, 6) is 0.383. The summed E-state index contributed by atoms with van der Waals surface area (Å²) in [6.45, 7) is 6.25. The number of hydrogen-bond acceptors (Lipinski definition) is 5. The SMILES string of the molecule is CC1(C)CC(c2ccc3c(c2)COC2(CCNCC2)O3)=NNC1=O. The highest BCUT2D eigenvalue weighted by atomic mass is 16.7. The van der Waals surface area contributed by atoms with E-state index < -0.39 is 11.2 Å². The van der Waals surface area contributed by atoms with Crippen molar-refractivity contribution in [1.82, 2.24) is 10.7 Å². The van der Waals surface area contributed by atoms with Gasteiger partial charge in [-0.25, -0.2) is 5.43 Å². The molecule has 0 radical (unpaired) electrons. The van der Waals surface area contributed by atoms with Crippen molar-refractivity contribution in [3.05, 3.63) is 29.3 Å². The Labute approximate surface area is 141 Å². The first-order valence-corrected chi connectivity index (χ1v) is 8.52. The largest absolute Gasteiger partial charge is 0.462 e. The number of fused-ring (bicyclic) bond motifs is 1. The average molecular weight is 329 g/mol. The van der Waals surface area contributed by atoms with Crippen LogP contribution < -0.4 is 15.5 Å². The first-order valence-electron chi connectivity index (χ1n) is 8.52. The molecule has 0 aliphatic carbocycles. The van der Waals surface area contributed by atoms with Gasteiger partial charge in [0.05, 0.1) is 17.7 Å². The lowest BCUT2D eigenvalue weighted by atomic mass is 9.83. The van der Waals surface area contributed by atoms with Crippen LogP contribution in [0.15, 0.2) is 23.3 Å². The van der Waals surface area contributed by atoms with E-state index in [9.17, 15) is 4.79 Å². The van der Waals surface area contributed by atoms with E-state index in [0.29, 0.717) is 13.0 Å². The molecule has 24 heavy (non-hydrogen) atoms. The number of hydrazone groups is 1. The van der Waals surface area contributed by atoms with E-state index in [0.717, 1.165) is 48.5 Å². The summed E-state index contributed by atoms with van der Waals surface area (Å²) in [7, 11) is 0. The summed E-state index contributed by atoms with van der Waals surface area (Å²) in [5, 5.41) is 7.57. The quantitative estimate of drug-likeness (QED) is 0.826. The Hall–Kier alpha value is -1.92. The van der Waals surface area contributed by atoms with Crippen LogP contribution in [0.5, 0.6) is 5.75 Å². The zero-order valence-corrected chi connectivity index (χ0v) is 14.1. The summed E-state index contributed by atoms with van der Waals surface area (Å²) in [6, 6.07) is 6.09. The van der Waals surface area contributed by atoms with Crippen molar-refractivity contribution in [3.63, 3.8) is 0 Å². The van der Waals surface area contributed by atoms with Gasteiger partial charge < -0.3 is 14.8 Å². The Balaban J connectivity index is 1.58. The highest BCUT2D eigenvalue weighted by Gasteiger charge is 2.39. The normalized spacial score (nSPS) is 24.6. The van der Waals surface area contributed by atoms with Crippen molar-refractivity contribution in [2.45, 2.75) is 45.5 Å². The van der Waals surface area contributed by atoms with Crippen LogP contribution in [0.3, 0.4) is 0 Å². The molecule has 0 bridgehead atoms.